The molecule has 2 aliphatic heterocycles. The van der Waals surface area contributed by atoms with Gasteiger partial charge >= 0.3 is 5.97 Å². The van der Waals surface area contributed by atoms with Gasteiger partial charge in [0.25, 0.3) is 0 Å². The molecule has 6 unspecified atom stereocenters. The summed E-state index contributed by atoms with van der Waals surface area (Å²) in [5.74, 6) is -0.0238. The van der Waals surface area contributed by atoms with Crippen LogP contribution >= 0.6 is 0 Å². The third kappa shape index (κ3) is 1.92. The van der Waals surface area contributed by atoms with Gasteiger partial charge in [0.2, 0.25) is 0 Å². The number of hydrogen-bond donors (Lipinski definition) is 0. The minimum atomic E-state index is -0.355. The predicted octanol–water partition coefficient (Wildman–Crippen LogP) is 2.59. The topological polar surface area (TPSA) is 51.4 Å². The molecular weight excluding hydrogens is 256 g/mol. The summed E-state index contributed by atoms with van der Waals surface area (Å²) in [7, 11) is 0. The Morgan fingerprint density at radius 2 is 1.75 bits per heavy atom. The van der Waals surface area contributed by atoms with E-state index in [9.17, 15) is 4.79 Å². The fraction of sp³-hybridized carbons (Fsp3) is 0.938. The molecular formula is C16H24O4. The van der Waals surface area contributed by atoms with Gasteiger partial charge in [-0.2, -0.15) is 0 Å². The molecule has 0 radical (unpaired) electrons. The minimum absolute atomic E-state index is 0.0238. The van der Waals surface area contributed by atoms with Crippen molar-refractivity contribution in [2.24, 2.45) is 5.41 Å². The summed E-state index contributed by atoms with van der Waals surface area (Å²) < 4.78 is 17.2. The highest BCUT2D eigenvalue weighted by molar-refractivity contribution is 5.77. The third-order valence-electron chi connectivity index (χ3n) is 6.09. The highest BCUT2D eigenvalue weighted by Crippen LogP contribution is 2.54. The summed E-state index contributed by atoms with van der Waals surface area (Å²) in [6, 6.07) is 0. The van der Waals surface area contributed by atoms with Crippen LogP contribution in [0.5, 0.6) is 0 Å². The number of fused-ring (bicyclic) bond motifs is 2. The molecule has 4 nitrogen and oxygen atoms in total. The fourth-order valence-electron chi connectivity index (χ4n) is 4.00. The highest BCUT2D eigenvalue weighted by Gasteiger charge is 2.61. The van der Waals surface area contributed by atoms with Crippen LogP contribution in [0.15, 0.2) is 0 Å². The number of hydrogen-bond acceptors (Lipinski definition) is 4. The van der Waals surface area contributed by atoms with Gasteiger partial charge < -0.3 is 14.2 Å². The van der Waals surface area contributed by atoms with Crippen LogP contribution in [0.2, 0.25) is 0 Å². The van der Waals surface area contributed by atoms with Crippen molar-refractivity contribution in [3.63, 3.8) is 0 Å². The molecule has 4 rings (SSSR count). The van der Waals surface area contributed by atoms with E-state index >= 15 is 0 Å². The van der Waals surface area contributed by atoms with Gasteiger partial charge in [0, 0.05) is 6.42 Å². The quantitative estimate of drug-likeness (QED) is 0.576. The lowest BCUT2D eigenvalue weighted by Crippen LogP contribution is -2.40. The summed E-state index contributed by atoms with van der Waals surface area (Å²) in [5.41, 5.74) is -0.221. The van der Waals surface area contributed by atoms with Crippen LogP contribution in [0.3, 0.4) is 0 Å². The molecule has 112 valence electrons. The van der Waals surface area contributed by atoms with E-state index in [1.54, 1.807) is 0 Å². The summed E-state index contributed by atoms with van der Waals surface area (Å²) in [4.78, 5) is 12.5. The molecule has 0 aromatic heterocycles. The van der Waals surface area contributed by atoms with Gasteiger partial charge in [-0.1, -0.05) is 0 Å². The van der Waals surface area contributed by atoms with Crippen molar-refractivity contribution in [1.82, 2.24) is 0 Å². The van der Waals surface area contributed by atoms with Crippen molar-refractivity contribution >= 4 is 5.97 Å². The van der Waals surface area contributed by atoms with Crippen molar-refractivity contribution in [1.29, 1.82) is 0 Å². The molecule has 4 heteroatoms. The first-order valence-electron chi connectivity index (χ1n) is 7.90. The Kier molecular flexibility index (Phi) is 2.47. The molecule has 0 aromatic rings. The van der Waals surface area contributed by atoms with Gasteiger partial charge in [0.05, 0.1) is 28.8 Å². The van der Waals surface area contributed by atoms with Crippen molar-refractivity contribution in [3.8, 4) is 0 Å². The molecule has 2 heterocycles. The van der Waals surface area contributed by atoms with Gasteiger partial charge in [-0.3, -0.25) is 4.79 Å². The van der Waals surface area contributed by atoms with E-state index in [1.165, 1.54) is 0 Å². The molecule has 4 fully saturated rings. The van der Waals surface area contributed by atoms with E-state index in [2.05, 4.69) is 13.8 Å². The first-order chi connectivity index (χ1) is 9.33. The Labute approximate surface area is 120 Å². The molecule has 0 spiro atoms. The predicted molar refractivity (Wildman–Crippen MR) is 72.2 cm³/mol. The van der Waals surface area contributed by atoms with E-state index in [4.69, 9.17) is 14.2 Å². The Morgan fingerprint density at radius 3 is 2.45 bits per heavy atom. The maximum Gasteiger partial charge on any atom is 0.312 e. The van der Waals surface area contributed by atoms with E-state index < -0.39 is 0 Å². The summed E-state index contributed by atoms with van der Waals surface area (Å²) in [6.45, 7) is 6.34. The zero-order valence-corrected chi connectivity index (χ0v) is 12.6. The molecule has 0 N–H and O–H groups in total. The number of carbonyl (C=O) groups excluding carboxylic acids is 1. The second-order valence-electron chi connectivity index (χ2n) is 7.90. The number of carbonyl (C=O) groups is 1. The monoisotopic (exact) mass is 280 g/mol. The van der Waals surface area contributed by atoms with E-state index in [0.29, 0.717) is 6.10 Å². The lowest BCUT2D eigenvalue weighted by Gasteiger charge is -2.33. The van der Waals surface area contributed by atoms with Crippen LogP contribution in [-0.4, -0.2) is 35.5 Å². The number of epoxide rings is 2. The normalized spacial score (nSPS) is 56.5. The lowest BCUT2D eigenvalue weighted by molar-refractivity contribution is -0.163. The second kappa shape index (κ2) is 3.77. The van der Waals surface area contributed by atoms with Crippen LogP contribution in [0, 0.1) is 5.41 Å². The van der Waals surface area contributed by atoms with Crippen LogP contribution in [0.1, 0.15) is 59.3 Å². The van der Waals surface area contributed by atoms with Gasteiger partial charge in [-0.05, 0) is 52.9 Å². The Bertz CT molecular complexity index is 463. The molecule has 4 aliphatic rings. The molecule has 0 amide bonds. The van der Waals surface area contributed by atoms with Gasteiger partial charge in [-0.15, -0.1) is 0 Å². The van der Waals surface area contributed by atoms with Crippen molar-refractivity contribution < 1.29 is 19.0 Å². The maximum absolute atomic E-state index is 12.5. The average Bonchev–Trinajstić information content (AvgIpc) is 3.23. The van der Waals surface area contributed by atoms with Crippen LogP contribution in [-0.2, 0) is 19.0 Å². The van der Waals surface area contributed by atoms with E-state index in [1.807, 2.05) is 6.92 Å². The van der Waals surface area contributed by atoms with Gasteiger partial charge in [-0.25, -0.2) is 0 Å². The summed E-state index contributed by atoms with van der Waals surface area (Å²) in [5, 5.41) is 0. The van der Waals surface area contributed by atoms with E-state index in [0.717, 1.165) is 38.5 Å². The molecule has 0 aromatic carbocycles. The standard InChI is InChI=1S/C16H24O4/c1-14(6-7-16(3)12(9-14)20-16)13(17)18-10-4-5-15(2)11(8-10)19-15/h10-12H,4-9H2,1-3H3. The van der Waals surface area contributed by atoms with Crippen molar-refractivity contribution in [3.05, 3.63) is 0 Å². The zero-order chi connectivity index (χ0) is 14.2. The van der Waals surface area contributed by atoms with Crippen molar-refractivity contribution in [2.45, 2.75) is 88.8 Å². The van der Waals surface area contributed by atoms with Crippen LogP contribution in [0.4, 0.5) is 0 Å². The number of ether oxygens (including phenoxy) is 3. The number of rotatable bonds is 2. The molecule has 6 atom stereocenters. The average molecular weight is 280 g/mol. The smallest absolute Gasteiger partial charge is 0.312 e. The molecule has 20 heavy (non-hydrogen) atoms. The first-order valence-corrected chi connectivity index (χ1v) is 7.90. The largest absolute Gasteiger partial charge is 0.462 e. The summed E-state index contributed by atoms with van der Waals surface area (Å²) in [6.07, 6.45) is 6.10. The minimum Gasteiger partial charge on any atom is -0.462 e. The third-order valence-corrected chi connectivity index (χ3v) is 6.09. The second-order valence-corrected chi connectivity index (χ2v) is 7.90. The maximum atomic E-state index is 12.5. The first kappa shape index (κ1) is 13.1. The van der Waals surface area contributed by atoms with Crippen molar-refractivity contribution in [2.75, 3.05) is 0 Å². The highest BCUT2D eigenvalue weighted by atomic mass is 16.6. The molecule has 2 saturated carbocycles. The van der Waals surface area contributed by atoms with E-state index in [-0.39, 0.29) is 34.8 Å². The van der Waals surface area contributed by atoms with Gasteiger partial charge in [0.1, 0.15) is 6.10 Å². The SMILES string of the molecule is CC1(C(=O)OC2CCC3(C)OC3C2)CCC2(C)OC2C1. The van der Waals surface area contributed by atoms with Crippen LogP contribution in [0.25, 0.3) is 0 Å². The fourth-order valence-corrected chi connectivity index (χ4v) is 4.00. The molecule has 2 aliphatic carbocycles. The number of esters is 1. The van der Waals surface area contributed by atoms with Gasteiger partial charge in [0.15, 0.2) is 0 Å². The Morgan fingerprint density at radius 1 is 1.05 bits per heavy atom. The lowest BCUT2D eigenvalue weighted by atomic mass is 9.72. The molecule has 0 bridgehead atoms. The summed E-state index contributed by atoms with van der Waals surface area (Å²) >= 11 is 0. The zero-order valence-electron chi connectivity index (χ0n) is 12.6. The molecule has 2 saturated heterocycles. The Hall–Kier alpha value is -0.610. The Balaban J connectivity index is 1.36. The van der Waals surface area contributed by atoms with Crippen LogP contribution < -0.4 is 0 Å².